The highest BCUT2D eigenvalue weighted by atomic mass is 32.2. The minimum Gasteiger partial charge on any atom is -0.383 e. The maximum absolute atomic E-state index is 12.4. The third kappa shape index (κ3) is 4.25. The fourth-order valence-electron chi connectivity index (χ4n) is 2.08. The van der Waals surface area contributed by atoms with Crippen molar-refractivity contribution in [2.45, 2.75) is 4.90 Å². The van der Waals surface area contributed by atoms with Crippen LogP contribution in [0.1, 0.15) is 0 Å². The van der Waals surface area contributed by atoms with E-state index in [9.17, 15) is 8.42 Å². The van der Waals surface area contributed by atoms with E-state index >= 15 is 0 Å². The Morgan fingerprint density at radius 2 is 1.76 bits per heavy atom. The molecular formula is C15H20N2O3S. The van der Waals surface area contributed by atoms with Gasteiger partial charge in [-0.1, -0.05) is 36.4 Å². The fourth-order valence-corrected chi connectivity index (χ4v) is 3.34. The lowest BCUT2D eigenvalue weighted by Crippen LogP contribution is -2.33. The Balaban J connectivity index is 2.05. The predicted molar refractivity (Wildman–Crippen MR) is 83.9 cm³/mol. The fraction of sp³-hybridized carbons (Fsp3) is 0.333. The molecule has 0 atom stereocenters. The van der Waals surface area contributed by atoms with Crippen LogP contribution in [-0.2, 0) is 14.8 Å². The lowest BCUT2D eigenvalue weighted by molar-refractivity contribution is 0.199. The molecule has 0 aliphatic heterocycles. The molecule has 0 heterocycles. The van der Waals surface area contributed by atoms with E-state index in [1.54, 1.807) is 19.2 Å². The van der Waals surface area contributed by atoms with Crippen molar-refractivity contribution >= 4 is 20.8 Å². The molecule has 114 valence electrons. The molecule has 21 heavy (non-hydrogen) atoms. The van der Waals surface area contributed by atoms with E-state index in [1.807, 2.05) is 30.3 Å². The van der Waals surface area contributed by atoms with Gasteiger partial charge in [0.15, 0.2) is 0 Å². The van der Waals surface area contributed by atoms with Gasteiger partial charge < -0.3 is 10.1 Å². The maximum Gasteiger partial charge on any atom is 0.241 e. The van der Waals surface area contributed by atoms with Crippen LogP contribution in [0, 0.1) is 0 Å². The quantitative estimate of drug-likeness (QED) is 0.723. The van der Waals surface area contributed by atoms with Crippen LogP contribution in [0.5, 0.6) is 0 Å². The maximum atomic E-state index is 12.4. The monoisotopic (exact) mass is 308 g/mol. The second kappa shape index (κ2) is 7.51. The van der Waals surface area contributed by atoms with E-state index in [4.69, 9.17) is 4.74 Å². The van der Waals surface area contributed by atoms with Crippen molar-refractivity contribution in [1.82, 2.24) is 10.0 Å². The summed E-state index contributed by atoms with van der Waals surface area (Å²) in [7, 11) is -1.87. The van der Waals surface area contributed by atoms with Gasteiger partial charge in [0, 0.05) is 32.1 Å². The van der Waals surface area contributed by atoms with Crippen molar-refractivity contribution in [2.24, 2.45) is 0 Å². The van der Waals surface area contributed by atoms with Gasteiger partial charge >= 0.3 is 0 Å². The molecule has 2 rings (SSSR count). The Bertz CT molecular complexity index is 681. The highest BCUT2D eigenvalue weighted by molar-refractivity contribution is 7.89. The SMILES string of the molecule is COCCNCCNS(=O)(=O)c1cccc2ccccc12. The zero-order chi connectivity index (χ0) is 15.1. The third-order valence-corrected chi connectivity index (χ3v) is 4.64. The standard InChI is InChI=1S/C15H20N2O3S/c1-20-12-11-16-9-10-17-21(18,19)15-8-4-6-13-5-2-3-7-14(13)15/h2-8,16-17H,9-12H2,1H3. The Morgan fingerprint density at radius 3 is 2.57 bits per heavy atom. The van der Waals surface area contributed by atoms with E-state index < -0.39 is 10.0 Å². The topological polar surface area (TPSA) is 67.4 Å². The molecule has 0 fully saturated rings. The Hall–Kier alpha value is -1.47. The first kappa shape index (κ1) is 15.9. The number of nitrogens with one attached hydrogen (secondary N) is 2. The number of sulfonamides is 1. The van der Waals surface area contributed by atoms with Crippen molar-refractivity contribution in [1.29, 1.82) is 0 Å². The average Bonchev–Trinajstić information content (AvgIpc) is 2.50. The molecular weight excluding hydrogens is 288 g/mol. The molecule has 5 nitrogen and oxygen atoms in total. The third-order valence-electron chi connectivity index (χ3n) is 3.12. The number of hydrogen-bond donors (Lipinski definition) is 2. The summed E-state index contributed by atoms with van der Waals surface area (Å²) in [5.74, 6) is 0. The van der Waals surface area contributed by atoms with Gasteiger partial charge in [-0.25, -0.2) is 13.1 Å². The van der Waals surface area contributed by atoms with Gasteiger partial charge in [0.2, 0.25) is 10.0 Å². The summed E-state index contributed by atoms with van der Waals surface area (Å²) < 4.78 is 32.3. The number of fused-ring (bicyclic) bond motifs is 1. The van der Waals surface area contributed by atoms with Crippen LogP contribution in [0.25, 0.3) is 10.8 Å². The minimum atomic E-state index is -3.50. The highest BCUT2D eigenvalue weighted by Crippen LogP contribution is 2.22. The molecule has 6 heteroatoms. The number of hydrogen-bond acceptors (Lipinski definition) is 4. The summed E-state index contributed by atoms with van der Waals surface area (Å²) >= 11 is 0. The first-order valence-electron chi connectivity index (χ1n) is 6.82. The van der Waals surface area contributed by atoms with Gasteiger partial charge in [0.25, 0.3) is 0 Å². The smallest absolute Gasteiger partial charge is 0.241 e. The van der Waals surface area contributed by atoms with Crippen LogP contribution in [-0.4, -0.2) is 41.8 Å². The molecule has 0 amide bonds. The van der Waals surface area contributed by atoms with E-state index in [0.29, 0.717) is 31.1 Å². The molecule has 2 N–H and O–H groups in total. The molecule has 2 aromatic rings. The molecule has 0 saturated carbocycles. The van der Waals surface area contributed by atoms with E-state index in [2.05, 4.69) is 10.0 Å². The zero-order valence-corrected chi connectivity index (χ0v) is 12.8. The van der Waals surface area contributed by atoms with Gasteiger partial charge in [-0.3, -0.25) is 0 Å². The van der Waals surface area contributed by atoms with Gasteiger partial charge in [-0.15, -0.1) is 0 Å². The van der Waals surface area contributed by atoms with Crippen molar-refractivity contribution in [3.8, 4) is 0 Å². The molecule has 0 aromatic heterocycles. The largest absolute Gasteiger partial charge is 0.383 e. The summed E-state index contributed by atoms with van der Waals surface area (Å²) in [6.45, 7) is 2.21. The lowest BCUT2D eigenvalue weighted by atomic mass is 10.1. The molecule has 0 unspecified atom stereocenters. The molecule has 0 aliphatic rings. The van der Waals surface area contributed by atoms with Gasteiger partial charge in [-0.2, -0.15) is 0 Å². The van der Waals surface area contributed by atoms with Crippen molar-refractivity contribution < 1.29 is 13.2 Å². The van der Waals surface area contributed by atoms with E-state index in [0.717, 1.165) is 10.8 Å². The number of methoxy groups -OCH3 is 1. The van der Waals surface area contributed by atoms with Crippen molar-refractivity contribution in [2.75, 3.05) is 33.4 Å². The van der Waals surface area contributed by atoms with Crippen LogP contribution in [0.2, 0.25) is 0 Å². The first-order valence-corrected chi connectivity index (χ1v) is 8.30. The van der Waals surface area contributed by atoms with Gasteiger partial charge in [0.1, 0.15) is 0 Å². The Morgan fingerprint density at radius 1 is 1.00 bits per heavy atom. The average molecular weight is 308 g/mol. The minimum absolute atomic E-state index is 0.317. The second-order valence-electron chi connectivity index (χ2n) is 4.62. The number of ether oxygens (including phenoxy) is 1. The van der Waals surface area contributed by atoms with E-state index in [-0.39, 0.29) is 0 Å². The normalized spacial score (nSPS) is 11.9. The summed E-state index contributed by atoms with van der Waals surface area (Å²) in [5, 5.41) is 4.75. The highest BCUT2D eigenvalue weighted by Gasteiger charge is 2.15. The van der Waals surface area contributed by atoms with Gasteiger partial charge in [-0.05, 0) is 11.5 Å². The summed E-state index contributed by atoms with van der Waals surface area (Å²) in [6, 6.07) is 12.7. The molecule has 0 saturated heterocycles. The molecule has 0 bridgehead atoms. The summed E-state index contributed by atoms with van der Waals surface area (Å²) in [5.41, 5.74) is 0. The van der Waals surface area contributed by atoms with Crippen LogP contribution in [0.3, 0.4) is 0 Å². The first-order chi connectivity index (χ1) is 10.1. The summed E-state index contributed by atoms with van der Waals surface area (Å²) in [6.07, 6.45) is 0. The Kier molecular flexibility index (Phi) is 5.69. The number of benzene rings is 2. The van der Waals surface area contributed by atoms with Crippen molar-refractivity contribution in [3.05, 3.63) is 42.5 Å². The summed E-state index contributed by atoms with van der Waals surface area (Å²) in [4.78, 5) is 0.317. The number of rotatable bonds is 8. The van der Waals surface area contributed by atoms with E-state index in [1.165, 1.54) is 0 Å². The predicted octanol–water partition coefficient (Wildman–Crippen LogP) is 1.35. The Labute approximate surface area is 125 Å². The second-order valence-corrected chi connectivity index (χ2v) is 6.35. The van der Waals surface area contributed by atoms with Crippen LogP contribution in [0.4, 0.5) is 0 Å². The van der Waals surface area contributed by atoms with Crippen LogP contribution in [0.15, 0.2) is 47.4 Å². The molecule has 0 spiro atoms. The van der Waals surface area contributed by atoms with Crippen LogP contribution >= 0.6 is 0 Å². The van der Waals surface area contributed by atoms with Crippen LogP contribution < -0.4 is 10.0 Å². The van der Waals surface area contributed by atoms with Gasteiger partial charge in [0.05, 0.1) is 11.5 Å². The molecule has 2 aromatic carbocycles. The zero-order valence-electron chi connectivity index (χ0n) is 12.0. The molecule has 0 radical (unpaired) electrons. The molecule has 0 aliphatic carbocycles. The van der Waals surface area contributed by atoms with Crippen molar-refractivity contribution in [3.63, 3.8) is 0 Å². The lowest BCUT2D eigenvalue weighted by Gasteiger charge is -2.10.